The smallest absolute Gasteiger partial charge is 0.258 e. The fourth-order valence-corrected chi connectivity index (χ4v) is 4.97. The number of rotatable bonds is 4. The highest BCUT2D eigenvalue weighted by Crippen LogP contribution is 2.24. The van der Waals surface area contributed by atoms with Gasteiger partial charge in [-0.05, 0) is 31.2 Å². The fraction of sp³-hybridized carbons (Fsp3) is 0.318. The molecule has 7 heteroatoms. The Kier molecular flexibility index (Phi) is 4.87. The molecule has 0 amide bonds. The van der Waals surface area contributed by atoms with Gasteiger partial charge in [-0.1, -0.05) is 24.3 Å². The molecule has 1 aliphatic rings. The predicted molar refractivity (Wildman–Crippen MR) is 117 cm³/mol. The van der Waals surface area contributed by atoms with E-state index >= 15 is 0 Å². The molecule has 0 spiro atoms. The largest absolute Gasteiger partial charge is 0.309 e. The number of piperazine rings is 1. The molecule has 2 aromatic carbocycles. The molecule has 148 valence electrons. The van der Waals surface area contributed by atoms with Crippen molar-refractivity contribution in [3.05, 3.63) is 69.7 Å². The number of hydrogen-bond acceptors (Lipinski definition) is 6. The van der Waals surface area contributed by atoms with Crippen LogP contribution in [0.1, 0.15) is 23.8 Å². The summed E-state index contributed by atoms with van der Waals surface area (Å²) in [5, 5.41) is 1.82. The first kappa shape index (κ1) is 18.4. The number of nitrogens with zero attached hydrogens (tertiary/aromatic N) is 4. The number of aromatic amines is 1. The van der Waals surface area contributed by atoms with Crippen LogP contribution in [0.15, 0.2) is 53.3 Å². The zero-order valence-electron chi connectivity index (χ0n) is 16.3. The molecule has 1 atom stereocenters. The standard InChI is InChI=1S/C22H23N5OS/c1-15(21-24-17-7-3-2-6-16(17)22(28)25-21)27-12-10-26(11-13-27)14-20-23-18-8-4-5-9-19(18)29-20/h2-9,15H,10-14H2,1H3,(H,24,25,28)/t15-/m0/s1. The molecule has 29 heavy (non-hydrogen) atoms. The average Bonchev–Trinajstić information content (AvgIpc) is 3.16. The van der Waals surface area contributed by atoms with Crippen LogP contribution in [0.3, 0.4) is 0 Å². The van der Waals surface area contributed by atoms with Gasteiger partial charge in [0.25, 0.3) is 5.56 Å². The predicted octanol–water partition coefficient (Wildman–Crippen LogP) is 3.41. The molecule has 5 rings (SSSR count). The summed E-state index contributed by atoms with van der Waals surface area (Å²) in [6, 6.07) is 15.9. The minimum absolute atomic E-state index is 0.0630. The zero-order chi connectivity index (χ0) is 19.8. The molecule has 1 fully saturated rings. The van der Waals surface area contributed by atoms with E-state index in [9.17, 15) is 4.79 Å². The lowest BCUT2D eigenvalue weighted by Gasteiger charge is -2.37. The van der Waals surface area contributed by atoms with Gasteiger partial charge in [0.15, 0.2) is 0 Å². The van der Waals surface area contributed by atoms with E-state index in [0.29, 0.717) is 5.39 Å². The van der Waals surface area contributed by atoms with Crippen molar-refractivity contribution in [2.24, 2.45) is 0 Å². The van der Waals surface area contributed by atoms with Gasteiger partial charge < -0.3 is 4.98 Å². The third kappa shape index (κ3) is 3.69. The van der Waals surface area contributed by atoms with Gasteiger partial charge >= 0.3 is 0 Å². The Bertz CT molecular complexity index is 1180. The topological polar surface area (TPSA) is 65.1 Å². The van der Waals surface area contributed by atoms with Gasteiger partial charge in [0.2, 0.25) is 0 Å². The molecule has 1 N–H and O–H groups in total. The van der Waals surface area contributed by atoms with Crippen LogP contribution in [-0.4, -0.2) is 50.9 Å². The molecule has 2 aromatic heterocycles. The Morgan fingerprint density at radius 1 is 1.00 bits per heavy atom. The van der Waals surface area contributed by atoms with Gasteiger partial charge in [0.05, 0.1) is 33.7 Å². The highest BCUT2D eigenvalue weighted by molar-refractivity contribution is 7.18. The molecule has 6 nitrogen and oxygen atoms in total. The van der Waals surface area contributed by atoms with E-state index in [0.717, 1.165) is 49.6 Å². The molecule has 3 heterocycles. The first-order valence-electron chi connectivity index (χ1n) is 9.97. The normalized spacial score (nSPS) is 17.1. The Labute approximate surface area is 172 Å². The number of fused-ring (bicyclic) bond motifs is 2. The summed E-state index contributed by atoms with van der Waals surface area (Å²) in [5.74, 6) is 0.744. The van der Waals surface area contributed by atoms with Crippen molar-refractivity contribution >= 4 is 32.5 Å². The van der Waals surface area contributed by atoms with E-state index < -0.39 is 0 Å². The highest BCUT2D eigenvalue weighted by Gasteiger charge is 2.24. The summed E-state index contributed by atoms with van der Waals surface area (Å²) in [5.41, 5.74) is 1.78. The number of hydrogen-bond donors (Lipinski definition) is 1. The van der Waals surface area contributed by atoms with Gasteiger partial charge in [-0.15, -0.1) is 11.3 Å². The number of H-pyrrole nitrogens is 1. The van der Waals surface area contributed by atoms with Gasteiger partial charge in [0.1, 0.15) is 10.8 Å². The summed E-state index contributed by atoms with van der Waals surface area (Å²) in [6.45, 7) is 6.88. The average molecular weight is 406 g/mol. The Morgan fingerprint density at radius 2 is 1.72 bits per heavy atom. The van der Waals surface area contributed by atoms with Crippen LogP contribution >= 0.6 is 11.3 Å². The molecule has 0 saturated carbocycles. The number of nitrogens with one attached hydrogen (secondary N) is 1. The summed E-state index contributed by atoms with van der Waals surface area (Å²) >= 11 is 1.78. The number of thiazole rings is 1. The van der Waals surface area contributed by atoms with E-state index in [2.05, 4.69) is 39.9 Å². The maximum absolute atomic E-state index is 12.4. The van der Waals surface area contributed by atoms with Gasteiger partial charge in [-0.3, -0.25) is 14.6 Å². The van der Waals surface area contributed by atoms with Gasteiger partial charge in [-0.25, -0.2) is 9.97 Å². The van der Waals surface area contributed by atoms with Crippen molar-refractivity contribution in [2.45, 2.75) is 19.5 Å². The summed E-state index contributed by atoms with van der Waals surface area (Å²) in [7, 11) is 0. The third-order valence-electron chi connectivity index (χ3n) is 5.68. The molecule has 0 radical (unpaired) electrons. The van der Waals surface area contributed by atoms with Crippen LogP contribution in [-0.2, 0) is 6.54 Å². The second kappa shape index (κ2) is 7.67. The highest BCUT2D eigenvalue weighted by atomic mass is 32.1. The maximum Gasteiger partial charge on any atom is 0.258 e. The van der Waals surface area contributed by atoms with Crippen LogP contribution in [0, 0.1) is 0 Å². The minimum Gasteiger partial charge on any atom is -0.309 e. The number of para-hydroxylation sites is 2. The van der Waals surface area contributed by atoms with Crippen molar-refractivity contribution in [1.29, 1.82) is 0 Å². The lowest BCUT2D eigenvalue weighted by Crippen LogP contribution is -2.47. The van der Waals surface area contributed by atoms with E-state index in [1.54, 1.807) is 11.3 Å². The minimum atomic E-state index is -0.0630. The van der Waals surface area contributed by atoms with Crippen molar-refractivity contribution in [1.82, 2.24) is 24.8 Å². The summed E-state index contributed by atoms with van der Waals surface area (Å²) in [6.07, 6.45) is 0. The van der Waals surface area contributed by atoms with E-state index in [1.807, 2.05) is 30.3 Å². The Hall–Kier alpha value is -2.61. The van der Waals surface area contributed by atoms with Crippen LogP contribution < -0.4 is 5.56 Å². The summed E-state index contributed by atoms with van der Waals surface area (Å²) < 4.78 is 1.25. The zero-order valence-corrected chi connectivity index (χ0v) is 17.2. The van der Waals surface area contributed by atoms with Crippen molar-refractivity contribution in [3.8, 4) is 0 Å². The van der Waals surface area contributed by atoms with Crippen LogP contribution in [0.25, 0.3) is 21.1 Å². The molecule has 0 unspecified atom stereocenters. The van der Waals surface area contributed by atoms with Crippen molar-refractivity contribution < 1.29 is 0 Å². The monoisotopic (exact) mass is 405 g/mol. The third-order valence-corrected chi connectivity index (χ3v) is 6.70. The Morgan fingerprint density at radius 3 is 2.52 bits per heavy atom. The number of benzene rings is 2. The lowest BCUT2D eigenvalue weighted by atomic mass is 10.2. The van der Waals surface area contributed by atoms with Crippen LogP contribution in [0.4, 0.5) is 0 Å². The summed E-state index contributed by atoms with van der Waals surface area (Å²) in [4.78, 5) is 29.7. The van der Waals surface area contributed by atoms with Crippen molar-refractivity contribution in [3.63, 3.8) is 0 Å². The van der Waals surface area contributed by atoms with Gasteiger partial charge in [0, 0.05) is 26.2 Å². The molecular formula is C22H23N5OS. The second-order valence-electron chi connectivity index (χ2n) is 7.53. The van der Waals surface area contributed by atoms with Crippen LogP contribution in [0.5, 0.6) is 0 Å². The first-order valence-corrected chi connectivity index (χ1v) is 10.8. The number of aromatic nitrogens is 3. The quantitative estimate of drug-likeness (QED) is 0.564. The SMILES string of the molecule is C[C@@H](c1nc2ccccc2c(=O)[nH]1)N1CCN(Cc2nc3ccccc3s2)CC1. The first-order chi connectivity index (χ1) is 14.2. The Balaban J connectivity index is 1.26. The molecule has 4 aromatic rings. The van der Waals surface area contributed by atoms with E-state index in [1.165, 1.54) is 9.71 Å². The van der Waals surface area contributed by atoms with E-state index in [4.69, 9.17) is 9.97 Å². The molecule has 1 aliphatic heterocycles. The molecule has 0 aliphatic carbocycles. The molecular weight excluding hydrogens is 382 g/mol. The fourth-order valence-electron chi connectivity index (χ4n) is 3.96. The van der Waals surface area contributed by atoms with Crippen LogP contribution in [0.2, 0.25) is 0 Å². The maximum atomic E-state index is 12.4. The molecule has 1 saturated heterocycles. The van der Waals surface area contributed by atoms with Crippen molar-refractivity contribution in [2.75, 3.05) is 26.2 Å². The lowest BCUT2D eigenvalue weighted by molar-refractivity contribution is 0.0948. The van der Waals surface area contributed by atoms with E-state index in [-0.39, 0.29) is 11.6 Å². The van der Waals surface area contributed by atoms with Gasteiger partial charge in [-0.2, -0.15) is 0 Å². The second-order valence-corrected chi connectivity index (χ2v) is 8.65. The molecule has 0 bridgehead atoms.